The summed E-state index contributed by atoms with van der Waals surface area (Å²) in [5.41, 5.74) is 1.66. The lowest BCUT2D eigenvalue weighted by atomic mass is 9.82. The minimum Gasteiger partial charge on any atom is -0.497 e. The highest BCUT2D eigenvalue weighted by atomic mass is 28.4. The van der Waals surface area contributed by atoms with E-state index < -0.39 is 20.0 Å². The van der Waals surface area contributed by atoms with Crippen molar-refractivity contribution in [2.75, 3.05) is 43.2 Å². The SMILES string of the molecule is COc1ccc2c(c1)[C@]1(O[C@@H](CCO)[C@H]([Si](C)(C)O)[C@H]1C)C(=O)N2Cc1cccc(N2CCNCC2=O)c1. The first-order valence-electron chi connectivity index (χ1n) is 13.2. The van der Waals surface area contributed by atoms with E-state index in [1.165, 1.54) is 0 Å². The maximum absolute atomic E-state index is 14.4. The van der Waals surface area contributed by atoms with Crippen LogP contribution in [0.5, 0.6) is 5.75 Å². The summed E-state index contributed by atoms with van der Waals surface area (Å²) >= 11 is 0. The van der Waals surface area contributed by atoms with Gasteiger partial charge in [0.25, 0.3) is 5.91 Å². The Morgan fingerprint density at radius 1 is 1.21 bits per heavy atom. The van der Waals surface area contributed by atoms with Crippen LogP contribution in [0.25, 0.3) is 0 Å². The predicted octanol–water partition coefficient (Wildman–Crippen LogP) is 2.36. The van der Waals surface area contributed by atoms with E-state index in [0.717, 1.165) is 29.0 Å². The second-order valence-electron chi connectivity index (χ2n) is 11.0. The molecule has 2 saturated heterocycles. The molecule has 1 spiro atoms. The Morgan fingerprint density at radius 2 is 2.00 bits per heavy atom. The van der Waals surface area contributed by atoms with Gasteiger partial charge in [0.1, 0.15) is 5.75 Å². The molecule has 2 amide bonds. The minimum absolute atomic E-state index is 0.0203. The molecule has 3 heterocycles. The summed E-state index contributed by atoms with van der Waals surface area (Å²) < 4.78 is 12.2. The number of anilines is 2. The van der Waals surface area contributed by atoms with Crippen LogP contribution in [0.4, 0.5) is 11.4 Å². The van der Waals surface area contributed by atoms with E-state index in [-0.39, 0.29) is 29.9 Å². The van der Waals surface area contributed by atoms with Gasteiger partial charge in [-0.2, -0.15) is 0 Å². The number of aliphatic hydroxyl groups excluding tert-OH is 1. The van der Waals surface area contributed by atoms with E-state index in [4.69, 9.17) is 9.47 Å². The van der Waals surface area contributed by atoms with Gasteiger partial charge in [0.2, 0.25) is 5.91 Å². The molecular weight excluding hydrogens is 502 g/mol. The zero-order valence-corrected chi connectivity index (χ0v) is 23.4. The first kappa shape index (κ1) is 26.8. The van der Waals surface area contributed by atoms with Crippen molar-refractivity contribution in [3.63, 3.8) is 0 Å². The molecule has 38 heavy (non-hydrogen) atoms. The molecule has 0 radical (unpaired) electrons. The van der Waals surface area contributed by atoms with Gasteiger partial charge in [-0.3, -0.25) is 9.59 Å². The zero-order valence-electron chi connectivity index (χ0n) is 22.4. The Labute approximate surface area is 224 Å². The summed E-state index contributed by atoms with van der Waals surface area (Å²) in [6, 6.07) is 13.3. The first-order chi connectivity index (χ1) is 18.1. The minimum atomic E-state index is -2.76. The number of carbonyl (C=O) groups is 2. The van der Waals surface area contributed by atoms with Crippen molar-refractivity contribution in [1.29, 1.82) is 0 Å². The highest BCUT2D eigenvalue weighted by molar-refractivity contribution is 6.71. The van der Waals surface area contributed by atoms with Gasteiger partial charge in [-0.25, -0.2) is 0 Å². The van der Waals surface area contributed by atoms with Crippen LogP contribution in [0.15, 0.2) is 42.5 Å². The molecule has 204 valence electrons. The molecule has 2 aromatic carbocycles. The van der Waals surface area contributed by atoms with Crippen LogP contribution in [0.2, 0.25) is 18.6 Å². The highest BCUT2D eigenvalue weighted by Gasteiger charge is 2.66. The molecule has 3 N–H and O–H groups in total. The Hall–Kier alpha value is -2.76. The van der Waals surface area contributed by atoms with E-state index in [0.29, 0.717) is 31.8 Å². The number of ether oxygens (including phenoxy) is 2. The largest absolute Gasteiger partial charge is 0.497 e. The van der Waals surface area contributed by atoms with Crippen molar-refractivity contribution in [1.82, 2.24) is 5.32 Å². The van der Waals surface area contributed by atoms with E-state index in [1.807, 2.05) is 62.5 Å². The summed E-state index contributed by atoms with van der Waals surface area (Å²) in [6.45, 7) is 7.57. The molecule has 5 rings (SSSR count). The predicted molar refractivity (Wildman–Crippen MR) is 147 cm³/mol. The molecule has 0 aliphatic carbocycles. The third-order valence-electron chi connectivity index (χ3n) is 8.26. The summed E-state index contributed by atoms with van der Waals surface area (Å²) in [4.78, 5) is 41.6. The van der Waals surface area contributed by atoms with E-state index >= 15 is 0 Å². The molecule has 3 aliphatic rings. The fraction of sp³-hybridized carbons (Fsp3) is 0.500. The molecule has 2 fully saturated rings. The topological polar surface area (TPSA) is 112 Å². The van der Waals surface area contributed by atoms with Gasteiger partial charge in [-0.1, -0.05) is 19.1 Å². The van der Waals surface area contributed by atoms with Gasteiger partial charge >= 0.3 is 0 Å². The molecule has 9 nitrogen and oxygen atoms in total. The van der Waals surface area contributed by atoms with Crippen molar-refractivity contribution in [3.05, 3.63) is 53.6 Å². The van der Waals surface area contributed by atoms with Crippen molar-refractivity contribution in [3.8, 4) is 5.75 Å². The van der Waals surface area contributed by atoms with Crippen LogP contribution in [-0.4, -0.2) is 69.5 Å². The van der Waals surface area contributed by atoms with Crippen LogP contribution in [-0.2, 0) is 26.5 Å². The number of aliphatic hydroxyl groups is 1. The molecule has 0 unspecified atom stereocenters. The fourth-order valence-electron chi connectivity index (χ4n) is 6.62. The third-order valence-corrected chi connectivity index (χ3v) is 10.8. The standard InChI is InChI=1S/C28H37N3O6Si/c1-18-26(38(3,4)35)24(10-13-32)37-28(18)22-15-21(36-2)8-9-23(22)31(27(28)34)17-19-6-5-7-20(14-19)30-12-11-29-16-25(30)33/h5-9,14-15,18,24,26,29,32,35H,10-13,16-17H2,1-4H3/t18-,24+,26-,28+/m1/s1. The number of amides is 2. The summed E-state index contributed by atoms with van der Waals surface area (Å²) in [5.74, 6) is 0.155. The lowest BCUT2D eigenvalue weighted by Crippen LogP contribution is -2.48. The average molecular weight is 540 g/mol. The van der Waals surface area contributed by atoms with Crippen LogP contribution >= 0.6 is 0 Å². The van der Waals surface area contributed by atoms with E-state index in [9.17, 15) is 19.5 Å². The lowest BCUT2D eigenvalue weighted by Gasteiger charge is -2.32. The molecule has 0 saturated carbocycles. The normalized spacial score (nSPS) is 27.4. The van der Waals surface area contributed by atoms with Gasteiger partial charge in [0.15, 0.2) is 13.9 Å². The van der Waals surface area contributed by atoms with E-state index in [1.54, 1.807) is 16.9 Å². The second kappa shape index (κ2) is 10.1. The van der Waals surface area contributed by atoms with Crippen molar-refractivity contribution in [2.45, 2.75) is 50.2 Å². The average Bonchev–Trinajstić information content (AvgIpc) is 3.31. The van der Waals surface area contributed by atoms with Gasteiger partial charge in [-0.05, 0) is 55.4 Å². The quantitative estimate of drug-likeness (QED) is 0.463. The van der Waals surface area contributed by atoms with Crippen molar-refractivity contribution < 1.29 is 29.0 Å². The van der Waals surface area contributed by atoms with Crippen LogP contribution in [0.3, 0.4) is 0 Å². The Bertz CT molecular complexity index is 1230. The van der Waals surface area contributed by atoms with Gasteiger partial charge in [0.05, 0.1) is 32.0 Å². The maximum atomic E-state index is 14.4. The molecule has 2 aromatic rings. The summed E-state index contributed by atoms with van der Waals surface area (Å²) in [7, 11) is -1.17. The van der Waals surface area contributed by atoms with Gasteiger partial charge in [-0.15, -0.1) is 0 Å². The number of fused-ring (bicyclic) bond motifs is 2. The third kappa shape index (κ3) is 4.34. The number of nitrogens with zero attached hydrogens (tertiary/aromatic N) is 2. The maximum Gasteiger partial charge on any atom is 0.264 e. The number of methoxy groups -OCH3 is 1. The number of piperazine rings is 1. The van der Waals surface area contributed by atoms with Crippen LogP contribution in [0.1, 0.15) is 24.5 Å². The monoisotopic (exact) mass is 539 g/mol. The van der Waals surface area contributed by atoms with Crippen molar-refractivity contribution in [2.24, 2.45) is 5.92 Å². The Kier molecular flexibility index (Phi) is 7.12. The number of rotatable bonds is 7. The molecule has 10 heteroatoms. The summed E-state index contributed by atoms with van der Waals surface area (Å²) in [6.07, 6.45) is -0.0900. The molecular formula is C28H37N3O6Si. The number of hydrogen-bond donors (Lipinski definition) is 3. The molecule has 3 aliphatic heterocycles. The van der Waals surface area contributed by atoms with Crippen LogP contribution < -0.4 is 19.9 Å². The Balaban J connectivity index is 1.55. The molecule has 4 atom stereocenters. The Morgan fingerprint density at radius 3 is 2.68 bits per heavy atom. The van der Waals surface area contributed by atoms with Gasteiger partial charge < -0.3 is 34.5 Å². The molecule has 0 aromatic heterocycles. The highest BCUT2D eigenvalue weighted by Crippen LogP contribution is 2.60. The fourth-order valence-corrected chi connectivity index (χ4v) is 9.23. The number of nitrogens with one attached hydrogen (secondary N) is 1. The number of hydrogen-bond acceptors (Lipinski definition) is 7. The molecule has 0 bridgehead atoms. The second-order valence-corrected chi connectivity index (χ2v) is 15.0. The van der Waals surface area contributed by atoms with E-state index in [2.05, 4.69) is 5.32 Å². The lowest BCUT2D eigenvalue weighted by molar-refractivity contribution is -0.146. The zero-order chi connectivity index (χ0) is 27.2. The summed E-state index contributed by atoms with van der Waals surface area (Å²) in [5, 5.41) is 12.9. The van der Waals surface area contributed by atoms with Gasteiger partial charge in [0, 0.05) is 42.4 Å². The number of carbonyl (C=O) groups excluding carboxylic acids is 2. The van der Waals surface area contributed by atoms with Crippen molar-refractivity contribution >= 4 is 31.5 Å². The smallest absolute Gasteiger partial charge is 0.264 e. The number of benzene rings is 2. The van der Waals surface area contributed by atoms with Crippen LogP contribution in [0, 0.1) is 5.92 Å². The first-order valence-corrected chi connectivity index (χ1v) is 16.3.